The molecule has 0 saturated carbocycles. The lowest BCUT2D eigenvalue weighted by molar-refractivity contribution is 0.0530. The molecular weight excluding hydrogens is 520 g/mol. The first-order valence-corrected chi connectivity index (χ1v) is 17.9. The highest BCUT2D eigenvalue weighted by Crippen LogP contribution is 2.17. The van der Waals surface area contributed by atoms with Crippen LogP contribution in [0, 0.1) is 6.92 Å². The van der Waals surface area contributed by atoms with Crippen molar-refractivity contribution in [3.05, 3.63) is 29.8 Å². The van der Waals surface area contributed by atoms with E-state index in [2.05, 4.69) is 11.8 Å². The van der Waals surface area contributed by atoms with E-state index in [1.165, 1.54) is 107 Å². The number of ether oxygens (including phenoxy) is 2. The molecule has 1 saturated heterocycles. The van der Waals surface area contributed by atoms with Crippen LogP contribution >= 0.6 is 0 Å². The summed E-state index contributed by atoms with van der Waals surface area (Å²) in [5.74, 6) is 0. The molecule has 1 fully saturated rings. The molecule has 0 amide bonds. The maximum atomic E-state index is 13.1. The minimum absolute atomic E-state index is 0.329. The fourth-order valence-corrected chi connectivity index (χ4v) is 6.76. The summed E-state index contributed by atoms with van der Waals surface area (Å²) < 4.78 is 39.4. The van der Waals surface area contributed by atoms with E-state index in [0.717, 1.165) is 25.2 Å². The van der Waals surface area contributed by atoms with Crippen LogP contribution in [-0.2, 0) is 19.5 Å². The molecule has 7 heteroatoms. The van der Waals surface area contributed by atoms with E-state index in [1.54, 1.807) is 12.1 Å². The molecule has 1 heterocycles. The Labute approximate surface area is 247 Å². The molecular formula is C33H60N2O4S. The molecule has 6 nitrogen and oxygen atoms in total. The van der Waals surface area contributed by atoms with E-state index >= 15 is 0 Å². The Bertz CT molecular complexity index is 817. The van der Waals surface area contributed by atoms with Gasteiger partial charge in [0.15, 0.2) is 0 Å². The largest absolute Gasteiger partial charge is 0.379 e. The van der Waals surface area contributed by atoms with Crippen molar-refractivity contribution < 1.29 is 17.9 Å². The van der Waals surface area contributed by atoms with Gasteiger partial charge >= 0.3 is 0 Å². The lowest BCUT2D eigenvalue weighted by Gasteiger charge is -2.26. The van der Waals surface area contributed by atoms with Gasteiger partial charge in [0.1, 0.15) is 0 Å². The molecule has 0 unspecified atom stereocenters. The summed E-state index contributed by atoms with van der Waals surface area (Å²) in [6, 6.07) is 7.03. The van der Waals surface area contributed by atoms with Crippen LogP contribution in [0.15, 0.2) is 29.2 Å². The third kappa shape index (κ3) is 15.9. The Hall–Kier alpha value is -0.990. The Morgan fingerprint density at radius 3 is 1.45 bits per heavy atom. The third-order valence-electron chi connectivity index (χ3n) is 8.06. The van der Waals surface area contributed by atoms with Crippen LogP contribution in [0.4, 0.5) is 0 Å². The van der Waals surface area contributed by atoms with Gasteiger partial charge < -0.3 is 9.47 Å². The molecule has 0 aliphatic carbocycles. The van der Waals surface area contributed by atoms with Crippen molar-refractivity contribution in [2.45, 2.75) is 121 Å². The molecule has 40 heavy (non-hydrogen) atoms. The molecule has 232 valence electrons. The highest BCUT2D eigenvalue weighted by atomic mass is 32.2. The molecule has 1 aromatic rings. The predicted octanol–water partition coefficient (Wildman–Crippen LogP) is 7.60. The zero-order valence-corrected chi connectivity index (χ0v) is 26.7. The lowest BCUT2D eigenvalue weighted by Crippen LogP contribution is -2.39. The molecule has 1 aliphatic heterocycles. The topological polar surface area (TPSA) is 59.1 Å². The Morgan fingerprint density at radius 1 is 0.600 bits per heavy atom. The molecule has 1 aliphatic rings. The van der Waals surface area contributed by atoms with E-state index in [-0.39, 0.29) is 0 Å². The van der Waals surface area contributed by atoms with Gasteiger partial charge in [-0.05, 0) is 32.0 Å². The van der Waals surface area contributed by atoms with Crippen LogP contribution in [0.1, 0.15) is 115 Å². The zero-order chi connectivity index (χ0) is 28.7. The SMILES string of the molecule is CCCCCCCCCCCCCCCCCCN1CCOCCN(S(=O)(=O)c2ccc(C)cc2)CCOCC1. The fraction of sp³-hybridized carbons (Fsp3) is 0.818. The van der Waals surface area contributed by atoms with Crippen molar-refractivity contribution in [2.24, 2.45) is 0 Å². The average molecular weight is 581 g/mol. The number of rotatable bonds is 19. The number of sulfonamides is 1. The Kier molecular flexibility index (Phi) is 19.9. The van der Waals surface area contributed by atoms with Crippen LogP contribution in [-0.4, -0.2) is 76.8 Å². The van der Waals surface area contributed by atoms with Gasteiger partial charge in [0.05, 0.1) is 31.3 Å². The number of benzene rings is 1. The lowest BCUT2D eigenvalue weighted by atomic mass is 10.0. The van der Waals surface area contributed by atoms with Gasteiger partial charge in [-0.2, -0.15) is 4.31 Å². The monoisotopic (exact) mass is 580 g/mol. The number of aryl methyl sites for hydroxylation is 1. The van der Waals surface area contributed by atoms with Gasteiger partial charge in [-0.3, -0.25) is 4.90 Å². The van der Waals surface area contributed by atoms with E-state index in [9.17, 15) is 8.42 Å². The number of unbranched alkanes of at least 4 members (excludes halogenated alkanes) is 15. The van der Waals surface area contributed by atoms with Gasteiger partial charge in [0.25, 0.3) is 0 Å². The summed E-state index contributed by atoms with van der Waals surface area (Å²) in [4.78, 5) is 2.77. The normalized spacial score (nSPS) is 16.9. The van der Waals surface area contributed by atoms with Crippen LogP contribution < -0.4 is 0 Å². The standard InChI is InChI=1S/C33H60N2O4S/c1-3-4-5-6-7-8-9-10-11-12-13-14-15-16-17-18-23-34-24-28-38-30-26-35(27-31-39-29-25-34)40(36,37)33-21-19-32(2)20-22-33/h19-22H,3-18,23-31H2,1-2H3. The number of nitrogens with zero attached hydrogens (tertiary/aromatic N) is 2. The van der Waals surface area contributed by atoms with Crippen molar-refractivity contribution in [2.75, 3.05) is 59.2 Å². The molecule has 1 aromatic carbocycles. The van der Waals surface area contributed by atoms with Crippen molar-refractivity contribution in [1.29, 1.82) is 0 Å². The smallest absolute Gasteiger partial charge is 0.243 e. The van der Waals surface area contributed by atoms with Crippen LogP contribution in [0.2, 0.25) is 0 Å². The fourth-order valence-electron chi connectivity index (χ4n) is 5.35. The minimum Gasteiger partial charge on any atom is -0.379 e. The highest BCUT2D eigenvalue weighted by Gasteiger charge is 2.24. The van der Waals surface area contributed by atoms with Gasteiger partial charge in [-0.15, -0.1) is 0 Å². The molecule has 0 spiro atoms. The Balaban J connectivity index is 1.50. The van der Waals surface area contributed by atoms with E-state index in [1.807, 2.05) is 19.1 Å². The Morgan fingerprint density at radius 2 is 1.00 bits per heavy atom. The van der Waals surface area contributed by atoms with Gasteiger partial charge in [-0.25, -0.2) is 8.42 Å². The van der Waals surface area contributed by atoms with Crippen molar-refractivity contribution in [3.8, 4) is 0 Å². The summed E-state index contributed by atoms with van der Waals surface area (Å²) in [6.45, 7) is 9.80. The highest BCUT2D eigenvalue weighted by molar-refractivity contribution is 7.89. The summed E-state index contributed by atoms with van der Waals surface area (Å²) in [6.07, 6.45) is 22.2. The van der Waals surface area contributed by atoms with Gasteiger partial charge in [0.2, 0.25) is 10.0 Å². The molecule has 0 radical (unpaired) electrons. The summed E-state index contributed by atoms with van der Waals surface area (Å²) in [5.41, 5.74) is 1.04. The average Bonchev–Trinajstić information content (AvgIpc) is 2.94. The number of hydrogen-bond donors (Lipinski definition) is 0. The number of hydrogen-bond acceptors (Lipinski definition) is 5. The zero-order valence-electron chi connectivity index (χ0n) is 25.9. The molecule has 0 atom stereocenters. The first kappa shape index (κ1) is 35.2. The van der Waals surface area contributed by atoms with E-state index in [0.29, 0.717) is 44.4 Å². The van der Waals surface area contributed by atoms with Crippen molar-refractivity contribution in [3.63, 3.8) is 0 Å². The second kappa shape index (κ2) is 22.6. The predicted molar refractivity (Wildman–Crippen MR) is 168 cm³/mol. The molecule has 0 bridgehead atoms. The van der Waals surface area contributed by atoms with Crippen molar-refractivity contribution in [1.82, 2.24) is 9.21 Å². The van der Waals surface area contributed by atoms with Crippen LogP contribution in [0.5, 0.6) is 0 Å². The minimum atomic E-state index is -3.55. The second-order valence-electron chi connectivity index (χ2n) is 11.6. The van der Waals surface area contributed by atoms with E-state index in [4.69, 9.17) is 9.47 Å². The first-order chi connectivity index (χ1) is 19.5. The van der Waals surface area contributed by atoms with Crippen LogP contribution in [0.25, 0.3) is 0 Å². The molecule has 0 aromatic heterocycles. The quantitative estimate of drug-likeness (QED) is 0.158. The van der Waals surface area contributed by atoms with E-state index < -0.39 is 10.0 Å². The van der Waals surface area contributed by atoms with Crippen molar-refractivity contribution >= 4 is 10.0 Å². The van der Waals surface area contributed by atoms with Crippen LogP contribution in [0.3, 0.4) is 0 Å². The molecule has 2 rings (SSSR count). The maximum Gasteiger partial charge on any atom is 0.243 e. The molecule has 0 N–H and O–H groups in total. The summed E-state index contributed by atoms with van der Waals surface area (Å²) in [5, 5.41) is 0. The summed E-state index contributed by atoms with van der Waals surface area (Å²) >= 11 is 0. The van der Waals surface area contributed by atoms with Gasteiger partial charge in [0, 0.05) is 26.2 Å². The first-order valence-electron chi connectivity index (χ1n) is 16.5. The summed E-state index contributed by atoms with van der Waals surface area (Å²) in [7, 11) is -3.55. The second-order valence-corrected chi connectivity index (χ2v) is 13.5. The van der Waals surface area contributed by atoms with Gasteiger partial charge in [-0.1, -0.05) is 121 Å². The maximum absolute atomic E-state index is 13.1. The third-order valence-corrected chi connectivity index (χ3v) is 9.97.